The number of thiazole rings is 1. The first kappa shape index (κ1) is 29.8. The summed E-state index contributed by atoms with van der Waals surface area (Å²) in [6, 6.07) is 17.6. The average molecular weight is 714 g/mol. The van der Waals surface area contributed by atoms with E-state index in [9.17, 15) is 9.59 Å². The number of ether oxygens (including phenoxy) is 4. The molecule has 0 radical (unpaired) electrons. The number of esters is 1. The first-order chi connectivity index (χ1) is 20.3. The summed E-state index contributed by atoms with van der Waals surface area (Å²) in [5.41, 5.74) is 2.42. The average Bonchev–Trinajstić information content (AvgIpc) is 3.30. The van der Waals surface area contributed by atoms with Crippen LogP contribution in [0.1, 0.15) is 29.7 Å². The zero-order valence-electron chi connectivity index (χ0n) is 23.1. The van der Waals surface area contributed by atoms with Crippen LogP contribution in [0.5, 0.6) is 17.2 Å². The van der Waals surface area contributed by atoms with Crippen molar-refractivity contribution in [1.29, 1.82) is 0 Å². The summed E-state index contributed by atoms with van der Waals surface area (Å²) in [6.07, 6.45) is 1.76. The van der Waals surface area contributed by atoms with Crippen LogP contribution in [0.15, 0.2) is 85.0 Å². The molecule has 0 aliphatic carbocycles. The number of nitrogens with zero attached hydrogens (tertiary/aromatic N) is 2. The maximum atomic E-state index is 14.2. The number of hydrogen-bond donors (Lipinski definition) is 0. The molecule has 0 saturated heterocycles. The first-order valence-corrected chi connectivity index (χ1v) is 15.2. The Morgan fingerprint density at radius 2 is 1.74 bits per heavy atom. The molecule has 0 amide bonds. The van der Waals surface area contributed by atoms with E-state index >= 15 is 0 Å². The van der Waals surface area contributed by atoms with E-state index in [1.54, 1.807) is 39.4 Å². The van der Waals surface area contributed by atoms with Crippen molar-refractivity contribution in [2.45, 2.75) is 13.0 Å². The Hall–Kier alpha value is -3.67. The van der Waals surface area contributed by atoms with Crippen molar-refractivity contribution in [3.05, 3.63) is 112 Å². The lowest BCUT2D eigenvalue weighted by molar-refractivity contribution is -0.138. The van der Waals surface area contributed by atoms with Gasteiger partial charge in [-0.15, -0.1) is 0 Å². The molecule has 0 spiro atoms. The van der Waals surface area contributed by atoms with E-state index in [0.29, 0.717) is 43.4 Å². The Bertz CT molecular complexity index is 1880. The number of carbonyl (C=O) groups excluding carboxylic acids is 1. The van der Waals surface area contributed by atoms with Gasteiger partial charge in [-0.2, -0.15) is 0 Å². The van der Waals surface area contributed by atoms with Crippen molar-refractivity contribution in [2.24, 2.45) is 4.99 Å². The van der Waals surface area contributed by atoms with E-state index in [1.165, 1.54) is 23.0 Å². The Kier molecular flexibility index (Phi) is 9.00. The topological polar surface area (TPSA) is 88.4 Å². The molecule has 5 rings (SSSR count). The number of halogens is 2. The van der Waals surface area contributed by atoms with Crippen LogP contribution in [-0.4, -0.2) is 38.5 Å². The second kappa shape index (κ2) is 12.7. The van der Waals surface area contributed by atoms with Crippen LogP contribution in [0.4, 0.5) is 0 Å². The van der Waals surface area contributed by atoms with Gasteiger partial charge in [-0.25, -0.2) is 9.79 Å². The van der Waals surface area contributed by atoms with Gasteiger partial charge in [0.25, 0.3) is 5.56 Å². The molecule has 1 aliphatic heterocycles. The van der Waals surface area contributed by atoms with Crippen molar-refractivity contribution in [1.82, 2.24) is 4.57 Å². The zero-order valence-corrected chi connectivity index (χ0v) is 27.1. The minimum atomic E-state index is -0.853. The molecule has 1 atom stereocenters. The van der Waals surface area contributed by atoms with Crippen LogP contribution in [0.3, 0.4) is 0 Å². The summed E-state index contributed by atoms with van der Waals surface area (Å²) in [5.74, 6) is 0.998. The van der Waals surface area contributed by atoms with Crippen molar-refractivity contribution in [2.75, 3.05) is 27.9 Å². The SMILES string of the molecule is CCOC(=O)C1=C(c2ccccc2)N=c2s/c(=C\c3cc(Br)cc(Br)c3OC)c(=O)n2[C@H]1c1ccc(OC)c(OC)c1. The molecular formula is C31H26Br2N2O6S. The van der Waals surface area contributed by atoms with Gasteiger partial charge in [-0.1, -0.05) is 63.7 Å². The molecule has 11 heteroatoms. The fraction of sp³-hybridized carbons (Fsp3) is 0.194. The first-order valence-electron chi connectivity index (χ1n) is 12.8. The van der Waals surface area contributed by atoms with Gasteiger partial charge in [0, 0.05) is 15.6 Å². The smallest absolute Gasteiger partial charge is 0.338 e. The van der Waals surface area contributed by atoms with E-state index in [0.717, 1.165) is 14.5 Å². The Balaban J connectivity index is 1.86. The molecule has 42 heavy (non-hydrogen) atoms. The van der Waals surface area contributed by atoms with Gasteiger partial charge in [0.1, 0.15) is 5.75 Å². The maximum absolute atomic E-state index is 14.2. The van der Waals surface area contributed by atoms with Crippen LogP contribution in [-0.2, 0) is 9.53 Å². The summed E-state index contributed by atoms with van der Waals surface area (Å²) < 4.78 is 25.7. The molecule has 2 heterocycles. The van der Waals surface area contributed by atoms with Gasteiger partial charge in [-0.3, -0.25) is 9.36 Å². The minimum absolute atomic E-state index is 0.158. The van der Waals surface area contributed by atoms with E-state index in [1.807, 2.05) is 48.5 Å². The normalized spacial score (nSPS) is 14.7. The van der Waals surface area contributed by atoms with Crippen molar-refractivity contribution in [3.8, 4) is 17.2 Å². The van der Waals surface area contributed by atoms with E-state index in [2.05, 4.69) is 31.9 Å². The standard InChI is InChI=1S/C31H26Br2N2O6S/c1-5-41-30(37)25-26(17-9-7-6-8-10-17)34-31-35(27(25)18-11-12-22(38-2)23(14-18)39-3)29(36)24(42-31)15-19-13-20(32)16-21(33)28(19)40-4/h6-16,27H,5H2,1-4H3/b24-15-/t27-/m0/s1. The molecule has 0 fully saturated rings. The van der Waals surface area contributed by atoms with Crippen molar-refractivity contribution in [3.63, 3.8) is 0 Å². The second-order valence-electron chi connectivity index (χ2n) is 9.06. The van der Waals surface area contributed by atoms with Crippen LogP contribution < -0.4 is 29.1 Å². The van der Waals surface area contributed by atoms with Crippen LogP contribution >= 0.6 is 43.2 Å². The van der Waals surface area contributed by atoms with Crippen LogP contribution in [0.25, 0.3) is 11.8 Å². The van der Waals surface area contributed by atoms with Gasteiger partial charge < -0.3 is 18.9 Å². The second-order valence-corrected chi connectivity index (χ2v) is 11.8. The number of benzene rings is 3. The molecule has 3 aromatic carbocycles. The number of hydrogen-bond acceptors (Lipinski definition) is 8. The molecule has 0 N–H and O–H groups in total. The summed E-state index contributed by atoms with van der Waals surface area (Å²) >= 11 is 8.28. The molecule has 0 bridgehead atoms. The number of fused-ring (bicyclic) bond motifs is 1. The Morgan fingerprint density at radius 3 is 2.40 bits per heavy atom. The summed E-state index contributed by atoms with van der Waals surface area (Å²) in [7, 11) is 4.66. The quantitative estimate of drug-likeness (QED) is 0.225. The summed E-state index contributed by atoms with van der Waals surface area (Å²) in [5, 5.41) is 0. The fourth-order valence-electron chi connectivity index (χ4n) is 4.82. The predicted molar refractivity (Wildman–Crippen MR) is 169 cm³/mol. The number of rotatable bonds is 8. The third kappa shape index (κ3) is 5.56. The molecule has 8 nitrogen and oxygen atoms in total. The highest BCUT2D eigenvalue weighted by molar-refractivity contribution is 9.11. The molecule has 0 unspecified atom stereocenters. The van der Waals surface area contributed by atoms with E-state index < -0.39 is 12.0 Å². The fourth-order valence-corrected chi connectivity index (χ4v) is 7.23. The lowest BCUT2D eigenvalue weighted by Crippen LogP contribution is -2.40. The van der Waals surface area contributed by atoms with Gasteiger partial charge >= 0.3 is 5.97 Å². The molecular weight excluding hydrogens is 688 g/mol. The van der Waals surface area contributed by atoms with Gasteiger partial charge in [0.2, 0.25) is 0 Å². The zero-order chi connectivity index (χ0) is 30.0. The molecule has 1 aromatic heterocycles. The largest absolute Gasteiger partial charge is 0.495 e. The number of carbonyl (C=O) groups is 1. The predicted octanol–water partition coefficient (Wildman–Crippen LogP) is 5.49. The number of aromatic nitrogens is 1. The minimum Gasteiger partial charge on any atom is -0.495 e. The highest BCUT2D eigenvalue weighted by atomic mass is 79.9. The summed E-state index contributed by atoms with van der Waals surface area (Å²) in [6.45, 7) is 1.90. The van der Waals surface area contributed by atoms with E-state index in [4.69, 9.17) is 23.9 Å². The van der Waals surface area contributed by atoms with Crippen molar-refractivity contribution < 1.29 is 23.7 Å². The summed E-state index contributed by atoms with van der Waals surface area (Å²) in [4.78, 5) is 33.2. The highest BCUT2D eigenvalue weighted by Crippen LogP contribution is 2.38. The van der Waals surface area contributed by atoms with E-state index in [-0.39, 0.29) is 17.7 Å². The molecule has 4 aromatic rings. The van der Waals surface area contributed by atoms with Gasteiger partial charge in [-0.05, 0) is 58.8 Å². The monoisotopic (exact) mass is 712 g/mol. The van der Waals surface area contributed by atoms with Crippen molar-refractivity contribution >= 4 is 60.9 Å². The Morgan fingerprint density at radius 1 is 1.00 bits per heavy atom. The van der Waals surface area contributed by atoms with Crippen LogP contribution in [0, 0.1) is 0 Å². The third-order valence-electron chi connectivity index (χ3n) is 6.62. The third-order valence-corrected chi connectivity index (χ3v) is 8.65. The Labute approximate surface area is 262 Å². The molecule has 216 valence electrons. The molecule has 0 saturated carbocycles. The lowest BCUT2D eigenvalue weighted by atomic mass is 9.93. The lowest BCUT2D eigenvalue weighted by Gasteiger charge is -2.26. The van der Waals surface area contributed by atoms with Gasteiger partial charge in [0.05, 0.1) is 54.3 Å². The number of methoxy groups -OCH3 is 3. The highest BCUT2D eigenvalue weighted by Gasteiger charge is 2.35. The van der Waals surface area contributed by atoms with Crippen LogP contribution in [0.2, 0.25) is 0 Å². The van der Waals surface area contributed by atoms with Gasteiger partial charge in [0.15, 0.2) is 16.3 Å². The maximum Gasteiger partial charge on any atom is 0.338 e. The molecule has 1 aliphatic rings.